The van der Waals surface area contributed by atoms with E-state index in [0.29, 0.717) is 5.92 Å². The van der Waals surface area contributed by atoms with E-state index in [1.165, 1.54) is 33.0 Å². The minimum absolute atomic E-state index is 0.537. The predicted octanol–water partition coefficient (Wildman–Crippen LogP) is 6.68. The first kappa shape index (κ1) is 13.6. The Kier molecular flexibility index (Phi) is 3.28. The highest BCUT2D eigenvalue weighted by atomic mass is 35.5. The van der Waals surface area contributed by atoms with Gasteiger partial charge in [-0.15, -0.1) is 0 Å². The lowest BCUT2D eigenvalue weighted by atomic mass is 9.80. The van der Waals surface area contributed by atoms with Crippen molar-refractivity contribution in [1.29, 1.82) is 0 Å². The van der Waals surface area contributed by atoms with E-state index in [-0.39, 0.29) is 0 Å². The smallest absolute Gasteiger partial charge is 0.0406 e. The Morgan fingerprint density at radius 2 is 1.77 bits per heavy atom. The lowest BCUT2D eigenvalue weighted by Gasteiger charge is -2.24. The molecule has 1 aliphatic rings. The molecule has 4 rings (SSSR count). The fourth-order valence-corrected chi connectivity index (χ4v) is 3.60. The lowest BCUT2D eigenvalue weighted by molar-refractivity contribution is 0.775. The zero-order valence-electron chi connectivity index (χ0n) is 12.5. The summed E-state index contributed by atoms with van der Waals surface area (Å²) in [5.74, 6) is 0.537. The van der Waals surface area contributed by atoms with Crippen LogP contribution < -0.4 is 0 Å². The Hall–Kier alpha value is -2.05. The second-order valence-electron chi connectivity index (χ2n) is 6.02. The van der Waals surface area contributed by atoms with E-state index in [1.807, 2.05) is 12.1 Å². The largest absolute Gasteiger partial charge is 0.0843 e. The highest BCUT2D eigenvalue weighted by Crippen LogP contribution is 2.41. The van der Waals surface area contributed by atoms with Crippen LogP contribution in [0.1, 0.15) is 30.4 Å². The van der Waals surface area contributed by atoms with Gasteiger partial charge in [-0.05, 0) is 63.6 Å². The summed E-state index contributed by atoms with van der Waals surface area (Å²) in [6, 6.07) is 19.2. The molecule has 0 amide bonds. The average molecular weight is 305 g/mol. The first-order valence-corrected chi connectivity index (χ1v) is 8.10. The van der Waals surface area contributed by atoms with Crippen molar-refractivity contribution in [1.82, 2.24) is 0 Å². The van der Waals surface area contributed by atoms with Gasteiger partial charge in [-0.25, -0.2) is 0 Å². The van der Waals surface area contributed by atoms with Crippen molar-refractivity contribution in [3.63, 3.8) is 0 Å². The van der Waals surface area contributed by atoms with Crippen LogP contribution in [0.3, 0.4) is 0 Å². The van der Waals surface area contributed by atoms with Gasteiger partial charge in [0.15, 0.2) is 0 Å². The molecule has 3 aromatic rings. The third-order valence-electron chi connectivity index (χ3n) is 4.55. The summed E-state index contributed by atoms with van der Waals surface area (Å²) in [5.41, 5.74) is 5.42. The average Bonchev–Trinajstić information content (AvgIpc) is 2.55. The number of hydrogen-bond acceptors (Lipinski definition) is 0. The van der Waals surface area contributed by atoms with Crippen molar-refractivity contribution in [2.45, 2.75) is 19.3 Å². The van der Waals surface area contributed by atoms with Crippen molar-refractivity contribution in [2.75, 3.05) is 0 Å². The van der Waals surface area contributed by atoms with E-state index in [1.54, 1.807) is 0 Å². The van der Waals surface area contributed by atoms with Crippen LogP contribution >= 0.6 is 11.6 Å². The van der Waals surface area contributed by atoms with Gasteiger partial charge < -0.3 is 0 Å². The molecule has 0 aromatic heterocycles. The highest BCUT2D eigenvalue weighted by Gasteiger charge is 2.20. The highest BCUT2D eigenvalue weighted by molar-refractivity contribution is 6.30. The molecular weight excluding hydrogens is 288 g/mol. The van der Waals surface area contributed by atoms with Crippen molar-refractivity contribution < 1.29 is 0 Å². The first-order chi connectivity index (χ1) is 10.7. The monoisotopic (exact) mass is 304 g/mol. The van der Waals surface area contributed by atoms with Gasteiger partial charge in [0.05, 0.1) is 0 Å². The number of halogens is 1. The minimum Gasteiger partial charge on any atom is -0.0843 e. The van der Waals surface area contributed by atoms with Crippen LogP contribution in [0.5, 0.6) is 0 Å². The second kappa shape index (κ2) is 5.30. The van der Waals surface area contributed by atoms with Gasteiger partial charge in [0, 0.05) is 5.02 Å². The zero-order valence-corrected chi connectivity index (χ0v) is 13.3. The summed E-state index contributed by atoms with van der Waals surface area (Å²) >= 11 is 6.06. The maximum absolute atomic E-state index is 6.06. The second-order valence-corrected chi connectivity index (χ2v) is 6.46. The van der Waals surface area contributed by atoms with Crippen molar-refractivity contribution in [3.8, 4) is 11.1 Å². The Morgan fingerprint density at radius 3 is 2.59 bits per heavy atom. The maximum Gasteiger partial charge on any atom is 0.0406 e. The van der Waals surface area contributed by atoms with Crippen LogP contribution in [-0.2, 0) is 0 Å². The van der Waals surface area contributed by atoms with Crippen LogP contribution in [0.15, 0.2) is 60.7 Å². The Balaban J connectivity index is 2.08. The molecule has 1 heteroatoms. The summed E-state index contributed by atoms with van der Waals surface area (Å²) in [6.07, 6.45) is 5.69. The first-order valence-electron chi connectivity index (χ1n) is 7.72. The topological polar surface area (TPSA) is 0 Å². The van der Waals surface area contributed by atoms with Gasteiger partial charge in [0.2, 0.25) is 0 Å². The zero-order chi connectivity index (χ0) is 15.1. The van der Waals surface area contributed by atoms with Crippen molar-refractivity contribution in [2.24, 2.45) is 0 Å². The normalized spacial score (nSPS) is 16.7. The van der Waals surface area contributed by atoms with Crippen LogP contribution in [0.2, 0.25) is 5.02 Å². The van der Waals surface area contributed by atoms with E-state index >= 15 is 0 Å². The van der Waals surface area contributed by atoms with Crippen molar-refractivity contribution in [3.05, 3.63) is 76.8 Å². The third kappa shape index (κ3) is 2.15. The molecule has 0 spiro atoms. The predicted molar refractivity (Wildman–Crippen MR) is 96.5 cm³/mol. The van der Waals surface area contributed by atoms with E-state index in [0.717, 1.165) is 11.4 Å². The molecule has 0 N–H and O–H groups in total. The summed E-state index contributed by atoms with van der Waals surface area (Å²) in [7, 11) is 0. The van der Waals surface area contributed by atoms with E-state index in [4.69, 9.17) is 11.6 Å². The molecule has 0 nitrogen and oxygen atoms in total. The van der Waals surface area contributed by atoms with Crippen LogP contribution in [0.25, 0.3) is 28.0 Å². The number of fused-ring (bicyclic) bond motifs is 3. The number of benzene rings is 3. The van der Waals surface area contributed by atoms with E-state index < -0.39 is 0 Å². The van der Waals surface area contributed by atoms with Gasteiger partial charge in [0.1, 0.15) is 0 Å². The molecule has 0 saturated heterocycles. The molecule has 3 aromatic carbocycles. The van der Waals surface area contributed by atoms with E-state index in [2.05, 4.69) is 61.5 Å². The summed E-state index contributed by atoms with van der Waals surface area (Å²) < 4.78 is 0. The summed E-state index contributed by atoms with van der Waals surface area (Å²) in [4.78, 5) is 0. The van der Waals surface area contributed by atoms with Gasteiger partial charge in [-0.3, -0.25) is 0 Å². The molecule has 0 bridgehead atoms. The molecule has 108 valence electrons. The SMILES string of the molecule is CC1CC=Cc2c1c(-c1ccc(Cl)cc1)cc1ccccc21. The molecular formula is C21H17Cl. The van der Waals surface area contributed by atoms with Gasteiger partial charge in [-0.2, -0.15) is 0 Å². The molecule has 22 heavy (non-hydrogen) atoms. The summed E-state index contributed by atoms with van der Waals surface area (Å²) in [5, 5.41) is 3.43. The minimum atomic E-state index is 0.537. The molecule has 0 aliphatic heterocycles. The maximum atomic E-state index is 6.06. The van der Waals surface area contributed by atoms with Gasteiger partial charge >= 0.3 is 0 Å². The third-order valence-corrected chi connectivity index (χ3v) is 4.81. The molecule has 1 atom stereocenters. The fraction of sp³-hybridized carbons (Fsp3) is 0.143. The van der Waals surface area contributed by atoms with Gasteiger partial charge in [-0.1, -0.05) is 67.1 Å². The molecule has 0 heterocycles. The Bertz CT molecular complexity index is 872. The molecule has 0 radical (unpaired) electrons. The quantitative estimate of drug-likeness (QED) is 0.470. The van der Waals surface area contributed by atoms with Crippen LogP contribution in [-0.4, -0.2) is 0 Å². The number of rotatable bonds is 1. The van der Waals surface area contributed by atoms with Crippen molar-refractivity contribution >= 4 is 28.4 Å². The van der Waals surface area contributed by atoms with Crippen LogP contribution in [0.4, 0.5) is 0 Å². The van der Waals surface area contributed by atoms with Gasteiger partial charge in [0.25, 0.3) is 0 Å². The molecule has 0 fully saturated rings. The molecule has 1 unspecified atom stereocenters. The molecule has 1 aliphatic carbocycles. The fourth-order valence-electron chi connectivity index (χ4n) is 3.48. The molecule has 0 saturated carbocycles. The van der Waals surface area contributed by atoms with Crippen LogP contribution in [0, 0.1) is 0 Å². The Labute approximate surface area is 136 Å². The Morgan fingerprint density at radius 1 is 1.00 bits per heavy atom. The number of allylic oxidation sites excluding steroid dienone is 1. The number of hydrogen-bond donors (Lipinski definition) is 0. The summed E-state index contributed by atoms with van der Waals surface area (Å²) in [6.45, 7) is 2.32. The van der Waals surface area contributed by atoms with E-state index in [9.17, 15) is 0 Å². The lowest BCUT2D eigenvalue weighted by Crippen LogP contribution is -2.03. The standard InChI is InChI=1S/C21H17Cl/c1-14-5-4-8-19-18-7-3-2-6-16(18)13-20(21(14)19)15-9-11-17(22)12-10-15/h2-4,6-14H,5H2,1H3.